The second kappa shape index (κ2) is 7.89. The van der Waals surface area contributed by atoms with Gasteiger partial charge in [0.15, 0.2) is 0 Å². The lowest BCUT2D eigenvalue weighted by Crippen LogP contribution is -2.40. The number of aromatic nitrogens is 2. The number of halogens is 2. The van der Waals surface area contributed by atoms with Crippen LogP contribution in [0, 0.1) is 0 Å². The van der Waals surface area contributed by atoms with Gasteiger partial charge in [-0.2, -0.15) is 5.10 Å². The lowest BCUT2D eigenvalue weighted by molar-refractivity contribution is -0.0289. The summed E-state index contributed by atoms with van der Waals surface area (Å²) in [4.78, 5) is 2.33. The molecule has 1 unspecified atom stereocenters. The third-order valence-corrected chi connectivity index (χ3v) is 2.69. The number of aryl methyl sites for hydroxylation is 1. The van der Waals surface area contributed by atoms with Gasteiger partial charge < -0.3 is 10.5 Å². The van der Waals surface area contributed by atoms with E-state index >= 15 is 0 Å². The van der Waals surface area contributed by atoms with Gasteiger partial charge in [-0.25, -0.2) is 0 Å². The molecule has 1 aromatic rings. The first kappa shape index (κ1) is 16.7. The van der Waals surface area contributed by atoms with Crippen LogP contribution in [-0.2, 0) is 11.8 Å². The minimum Gasteiger partial charge on any atom is -0.371 e. The molecule has 1 fully saturated rings. The first-order valence-electron chi connectivity index (χ1n) is 5.32. The van der Waals surface area contributed by atoms with Crippen LogP contribution in [0.15, 0.2) is 12.4 Å². The molecule has 17 heavy (non-hydrogen) atoms. The highest BCUT2D eigenvalue weighted by atomic mass is 35.5. The van der Waals surface area contributed by atoms with Crippen molar-refractivity contribution in [3.63, 3.8) is 0 Å². The molecule has 1 aliphatic heterocycles. The van der Waals surface area contributed by atoms with Crippen molar-refractivity contribution in [2.75, 3.05) is 32.8 Å². The molecule has 0 aromatic carbocycles. The molecule has 1 atom stereocenters. The quantitative estimate of drug-likeness (QED) is 0.882. The molecule has 100 valence electrons. The van der Waals surface area contributed by atoms with Gasteiger partial charge in [0, 0.05) is 45.0 Å². The molecule has 1 aliphatic rings. The summed E-state index contributed by atoms with van der Waals surface area (Å²) in [7, 11) is 1.92. The van der Waals surface area contributed by atoms with E-state index in [4.69, 9.17) is 10.5 Å². The van der Waals surface area contributed by atoms with E-state index in [1.54, 1.807) is 4.68 Å². The fourth-order valence-electron chi connectivity index (χ4n) is 1.90. The zero-order valence-electron chi connectivity index (χ0n) is 9.91. The summed E-state index contributed by atoms with van der Waals surface area (Å²) in [5.74, 6) is 0. The third-order valence-electron chi connectivity index (χ3n) is 2.69. The van der Waals surface area contributed by atoms with Gasteiger partial charge in [0.1, 0.15) is 0 Å². The lowest BCUT2D eigenvalue weighted by Gasteiger charge is -2.32. The summed E-state index contributed by atoms with van der Waals surface area (Å²) in [6.45, 7) is 4.33. The van der Waals surface area contributed by atoms with Gasteiger partial charge in [-0.1, -0.05) is 0 Å². The Morgan fingerprint density at radius 2 is 2.29 bits per heavy atom. The number of rotatable bonds is 3. The number of morpholine rings is 1. The van der Waals surface area contributed by atoms with Crippen LogP contribution in [0.25, 0.3) is 0 Å². The smallest absolute Gasteiger partial charge is 0.0982 e. The van der Waals surface area contributed by atoms with Crippen LogP contribution < -0.4 is 5.73 Å². The number of nitrogens with two attached hydrogens (primary N) is 1. The van der Waals surface area contributed by atoms with Crippen LogP contribution in [0.4, 0.5) is 0 Å². The largest absolute Gasteiger partial charge is 0.371 e. The van der Waals surface area contributed by atoms with E-state index in [0.29, 0.717) is 6.54 Å². The number of hydrogen-bond acceptors (Lipinski definition) is 4. The van der Waals surface area contributed by atoms with Gasteiger partial charge in [0.25, 0.3) is 0 Å². The zero-order valence-corrected chi connectivity index (χ0v) is 11.5. The summed E-state index contributed by atoms with van der Waals surface area (Å²) in [5, 5.41) is 4.16. The maximum atomic E-state index is 5.72. The van der Waals surface area contributed by atoms with Gasteiger partial charge >= 0.3 is 0 Å². The van der Waals surface area contributed by atoms with Crippen LogP contribution in [0.5, 0.6) is 0 Å². The molecule has 0 aliphatic carbocycles. The summed E-state index contributed by atoms with van der Waals surface area (Å²) in [6.07, 6.45) is 4.03. The second-order valence-electron chi connectivity index (χ2n) is 3.90. The third kappa shape index (κ3) is 4.44. The molecule has 0 saturated carbocycles. The molecule has 5 nitrogen and oxygen atoms in total. The highest BCUT2D eigenvalue weighted by Gasteiger charge is 2.22. The Bertz CT molecular complexity index is 319. The Balaban J connectivity index is 0.00000128. The van der Waals surface area contributed by atoms with Crippen LogP contribution in [0.1, 0.15) is 11.7 Å². The van der Waals surface area contributed by atoms with Gasteiger partial charge in [0.2, 0.25) is 0 Å². The Labute approximate surface area is 114 Å². The molecule has 2 rings (SSSR count). The Kier molecular flexibility index (Phi) is 7.74. The van der Waals surface area contributed by atoms with E-state index in [1.807, 2.05) is 19.4 Å². The minimum atomic E-state index is 0. The predicted molar refractivity (Wildman–Crippen MR) is 71.9 cm³/mol. The van der Waals surface area contributed by atoms with E-state index < -0.39 is 0 Å². The Morgan fingerprint density at radius 1 is 1.53 bits per heavy atom. The van der Waals surface area contributed by atoms with Crippen molar-refractivity contribution in [2.24, 2.45) is 12.8 Å². The highest BCUT2D eigenvalue weighted by molar-refractivity contribution is 5.85. The summed E-state index contributed by atoms with van der Waals surface area (Å²) >= 11 is 0. The van der Waals surface area contributed by atoms with Crippen molar-refractivity contribution in [3.05, 3.63) is 18.0 Å². The van der Waals surface area contributed by atoms with Crippen molar-refractivity contribution < 1.29 is 4.74 Å². The molecule has 0 amide bonds. The molecular weight excluding hydrogens is 263 g/mol. The number of nitrogens with zero attached hydrogens (tertiary/aromatic N) is 3. The van der Waals surface area contributed by atoms with Gasteiger partial charge in [-0.3, -0.25) is 9.58 Å². The summed E-state index contributed by atoms with van der Waals surface area (Å²) < 4.78 is 7.52. The van der Waals surface area contributed by atoms with Gasteiger partial charge in [0.05, 0.1) is 18.9 Å². The van der Waals surface area contributed by atoms with Crippen LogP contribution in [0.3, 0.4) is 0 Å². The van der Waals surface area contributed by atoms with E-state index in [2.05, 4.69) is 10.00 Å². The fraction of sp³-hybridized carbons (Fsp3) is 0.700. The standard InChI is InChI=1S/C10H18N4O.2ClH/c1-13-7-9(6-12-13)10-8-14(3-2-11)4-5-15-10;;/h6-7,10H,2-5,8,11H2,1H3;2*1H. The molecule has 2 N–H and O–H groups in total. The van der Waals surface area contributed by atoms with Crippen molar-refractivity contribution in [1.82, 2.24) is 14.7 Å². The fourth-order valence-corrected chi connectivity index (χ4v) is 1.90. The summed E-state index contributed by atoms with van der Waals surface area (Å²) in [6, 6.07) is 0. The van der Waals surface area contributed by atoms with Crippen molar-refractivity contribution in [2.45, 2.75) is 6.10 Å². The monoisotopic (exact) mass is 282 g/mol. The van der Waals surface area contributed by atoms with Crippen LogP contribution in [-0.4, -0.2) is 47.5 Å². The van der Waals surface area contributed by atoms with Crippen molar-refractivity contribution in [3.8, 4) is 0 Å². The second-order valence-corrected chi connectivity index (χ2v) is 3.90. The Hall–Kier alpha value is -0.330. The molecule has 0 bridgehead atoms. The SMILES string of the molecule is Cl.Cl.Cn1cc(C2CN(CCN)CCO2)cn1. The zero-order chi connectivity index (χ0) is 10.7. The first-order chi connectivity index (χ1) is 7.29. The topological polar surface area (TPSA) is 56.3 Å². The molecule has 0 radical (unpaired) electrons. The number of hydrogen-bond donors (Lipinski definition) is 1. The molecule has 7 heteroatoms. The highest BCUT2D eigenvalue weighted by Crippen LogP contribution is 2.20. The maximum absolute atomic E-state index is 5.72. The molecular formula is C10H20Cl2N4O. The average Bonchev–Trinajstić information content (AvgIpc) is 2.66. The van der Waals surface area contributed by atoms with Crippen LogP contribution >= 0.6 is 24.8 Å². The first-order valence-corrected chi connectivity index (χ1v) is 5.32. The maximum Gasteiger partial charge on any atom is 0.0982 e. The van der Waals surface area contributed by atoms with Gasteiger partial charge in [-0.15, -0.1) is 24.8 Å². The van der Waals surface area contributed by atoms with E-state index in [9.17, 15) is 0 Å². The van der Waals surface area contributed by atoms with E-state index in [0.717, 1.165) is 31.8 Å². The van der Waals surface area contributed by atoms with Crippen molar-refractivity contribution in [1.29, 1.82) is 0 Å². The lowest BCUT2D eigenvalue weighted by atomic mass is 10.1. The molecule has 2 heterocycles. The molecule has 0 spiro atoms. The minimum absolute atomic E-state index is 0. The Morgan fingerprint density at radius 3 is 2.88 bits per heavy atom. The predicted octanol–water partition coefficient (Wildman–Crippen LogP) is 0.596. The van der Waals surface area contributed by atoms with Crippen LogP contribution in [0.2, 0.25) is 0 Å². The number of ether oxygens (including phenoxy) is 1. The molecule has 1 saturated heterocycles. The molecule has 1 aromatic heterocycles. The van der Waals surface area contributed by atoms with Crippen molar-refractivity contribution >= 4 is 24.8 Å². The average molecular weight is 283 g/mol. The van der Waals surface area contributed by atoms with E-state index in [1.165, 1.54) is 0 Å². The summed E-state index contributed by atoms with van der Waals surface area (Å²) in [5.41, 5.74) is 6.70. The van der Waals surface area contributed by atoms with E-state index in [-0.39, 0.29) is 30.9 Å². The van der Waals surface area contributed by atoms with Gasteiger partial charge in [-0.05, 0) is 0 Å². The normalized spacial score (nSPS) is 20.5.